The van der Waals surface area contributed by atoms with Crippen LogP contribution < -0.4 is 11.1 Å². The topological polar surface area (TPSA) is 41.3 Å². The fraction of sp³-hybridized carbons (Fsp3) is 0.647. The maximum absolute atomic E-state index is 6.22. The fourth-order valence-corrected chi connectivity index (χ4v) is 3.81. The van der Waals surface area contributed by atoms with Crippen LogP contribution in [0.15, 0.2) is 24.3 Å². The summed E-state index contributed by atoms with van der Waals surface area (Å²) in [5.74, 6) is 0. The predicted molar refractivity (Wildman–Crippen MR) is 83.6 cm³/mol. The summed E-state index contributed by atoms with van der Waals surface area (Å²) >= 11 is 0. The largest absolute Gasteiger partial charge is 0.324 e. The predicted octanol–water partition coefficient (Wildman–Crippen LogP) is 2.60. The lowest BCUT2D eigenvalue weighted by Gasteiger charge is -2.25. The first-order chi connectivity index (χ1) is 9.75. The minimum atomic E-state index is 0.205. The molecule has 2 aliphatic rings. The van der Waals surface area contributed by atoms with E-state index in [1.165, 1.54) is 36.8 Å². The van der Waals surface area contributed by atoms with Crippen molar-refractivity contribution in [1.29, 1.82) is 0 Å². The average Bonchev–Trinajstić information content (AvgIpc) is 3.09. The lowest BCUT2D eigenvalue weighted by molar-refractivity contribution is 0.241. The van der Waals surface area contributed by atoms with Crippen LogP contribution in [0, 0.1) is 0 Å². The summed E-state index contributed by atoms with van der Waals surface area (Å²) in [6.45, 7) is 2.19. The van der Waals surface area contributed by atoms with Crippen molar-refractivity contribution < 1.29 is 0 Å². The quantitative estimate of drug-likeness (QED) is 0.866. The first-order valence-electron chi connectivity index (χ1n) is 8.03. The van der Waals surface area contributed by atoms with E-state index >= 15 is 0 Å². The van der Waals surface area contributed by atoms with E-state index in [1.807, 2.05) is 0 Å². The molecule has 0 spiro atoms. The molecule has 2 unspecified atom stereocenters. The molecule has 0 amide bonds. The van der Waals surface area contributed by atoms with E-state index in [1.54, 1.807) is 0 Å². The molecule has 0 heterocycles. The normalized spacial score (nSPS) is 26.4. The third kappa shape index (κ3) is 2.90. The molecule has 1 saturated carbocycles. The highest BCUT2D eigenvalue weighted by Gasteiger charge is 2.27. The Morgan fingerprint density at radius 2 is 1.90 bits per heavy atom. The van der Waals surface area contributed by atoms with Gasteiger partial charge in [0.1, 0.15) is 0 Å². The number of nitrogens with two attached hydrogens (primary N) is 1. The summed E-state index contributed by atoms with van der Waals surface area (Å²) in [4.78, 5) is 2.53. The lowest BCUT2D eigenvalue weighted by Crippen LogP contribution is -2.36. The monoisotopic (exact) mass is 273 g/mol. The third-order valence-electron chi connectivity index (χ3n) is 5.06. The maximum Gasteiger partial charge on any atom is 0.0342 e. The molecular formula is C17H27N3. The van der Waals surface area contributed by atoms with Crippen molar-refractivity contribution in [1.82, 2.24) is 10.2 Å². The van der Waals surface area contributed by atoms with Crippen LogP contribution in [0.5, 0.6) is 0 Å². The summed E-state index contributed by atoms with van der Waals surface area (Å²) in [7, 11) is 2.27. The summed E-state index contributed by atoms with van der Waals surface area (Å²) < 4.78 is 0. The molecule has 2 aliphatic carbocycles. The SMILES string of the molecule is CN(CCNC1CC(N)c2ccccc21)C1CCCC1. The van der Waals surface area contributed by atoms with Crippen molar-refractivity contribution in [3.05, 3.63) is 35.4 Å². The molecule has 3 heteroatoms. The second-order valence-electron chi connectivity index (χ2n) is 6.40. The van der Waals surface area contributed by atoms with Crippen LogP contribution in [0.2, 0.25) is 0 Å². The van der Waals surface area contributed by atoms with E-state index < -0.39 is 0 Å². The molecule has 0 aliphatic heterocycles. The van der Waals surface area contributed by atoms with Crippen LogP contribution in [0.3, 0.4) is 0 Å². The average molecular weight is 273 g/mol. The van der Waals surface area contributed by atoms with E-state index in [0.717, 1.165) is 25.6 Å². The zero-order valence-electron chi connectivity index (χ0n) is 12.5. The Bertz CT molecular complexity index is 440. The number of rotatable bonds is 5. The van der Waals surface area contributed by atoms with E-state index in [9.17, 15) is 0 Å². The van der Waals surface area contributed by atoms with E-state index in [2.05, 4.69) is 41.5 Å². The zero-order valence-corrected chi connectivity index (χ0v) is 12.5. The molecule has 3 nitrogen and oxygen atoms in total. The van der Waals surface area contributed by atoms with E-state index in [4.69, 9.17) is 5.73 Å². The second kappa shape index (κ2) is 6.25. The Balaban J connectivity index is 1.50. The number of fused-ring (bicyclic) bond motifs is 1. The number of nitrogens with zero attached hydrogens (tertiary/aromatic N) is 1. The van der Waals surface area contributed by atoms with Crippen LogP contribution in [0.1, 0.15) is 55.3 Å². The number of likely N-dealkylation sites (N-methyl/N-ethyl adjacent to an activating group) is 1. The van der Waals surface area contributed by atoms with Crippen molar-refractivity contribution in [3.63, 3.8) is 0 Å². The van der Waals surface area contributed by atoms with Gasteiger partial charge in [-0.15, -0.1) is 0 Å². The summed E-state index contributed by atoms with van der Waals surface area (Å²) in [5.41, 5.74) is 8.95. The smallest absolute Gasteiger partial charge is 0.0342 e. The van der Waals surface area contributed by atoms with Crippen LogP contribution in [0.25, 0.3) is 0 Å². The Labute approximate surface area is 122 Å². The molecule has 1 aromatic carbocycles. The van der Waals surface area contributed by atoms with Gasteiger partial charge < -0.3 is 16.0 Å². The van der Waals surface area contributed by atoms with Crippen molar-refractivity contribution in [2.24, 2.45) is 5.73 Å². The molecule has 3 rings (SSSR count). The minimum absolute atomic E-state index is 0.205. The summed E-state index contributed by atoms with van der Waals surface area (Å²) in [5, 5.41) is 3.70. The van der Waals surface area contributed by atoms with Crippen molar-refractivity contribution >= 4 is 0 Å². The van der Waals surface area contributed by atoms with E-state index in [0.29, 0.717) is 6.04 Å². The minimum Gasteiger partial charge on any atom is -0.324 e. The second-order valence-corrected chi connectivity index (χ2v) is 6.40. The highest BCUT2D eigenvalue weighted by Crippen LogP contribution is 2.36. The summed E-state index contributed by atoms with van der Waals surface area (Å²) in [6.07, 6.45) is 6.62. The molecule has 0 saturated heterocycles. The number of nitrogens with one attached hydrogen (secondary N) is 1. The van der Waals surface area contributed by atoms with Gasteiger partial charge in [-0.05, 0) is 37.4 Å². The van der Waals surface area contributed by atoms with E-state index in [-0.39, 0.29) is 6.04 Å². The van der Waals surface area contributed by atoms with Crippen molar-refractivity contribution in [2.75, 3.05) is 20.1 Å². The Hall–Kier alpha value is -0.900. The molecule has 110 valence electrons. The van der Waals surface area contributed by atoms with Gasteiger partial charge in [0.2, 0.25) is 0 Å². The van der Waals surface area contributed by atoms with Crippen molar-refractivity contribution in [2.45, 2.75) is 50.2 Å². The number of benzene rings is 1. The molecular weight excluding hydrogens is 246 g/mol. The molecule has 20 heavy (non-hydrogen) atoms. The summed E-state index contributed by atoms with van der Waals surface area (Å²) in [6, 6.07) is 10.1. The molecule has 2 atom stereocenters. The van der Waals surface area contributed by atoms with Crippen LogP contribution in [-0.4, -0.2) is 31.1 Å². The van der Waals surface area contributed by atoms with Gasteiger partial charge in [-0.3, -0.25) is 0 Å². The fourth-order valence-electron chi connectivity index (χ4n) is 3.81. The number of hydrogen-bond acceptors (Lipinski definition) is 3. The molecule has 0 radical (unpaired) electrons. The van der Waals surface area contributed by atoms with Crippen LogP contribution >= 0.6 is 0 Å². The van der Waals surface area contributed by atoms with Crippen LogP contribution in [0.4, 0.5) is 0 Å². The molecule has 3 N–H and O–H groups in total. The van der Waals surface area contributed by atoms with Gasteiger partial charge >= 0.3 is 0 Å². The maximum atomic E-state index is 6.22. The highest BCUT2D eigenvalue weighted by atomic mass is 15.1. The standard InChI is InChI=1S/C17H27N3/c1-20(13-6-2-3-7-13)11-10-19-17-12-16(18)14-8-4-5-9-15(14)17/h4-5,8-9,13,16-17,19H,2-3,6-7,10-12,18H2,1H3. The van der Waals surface area contributed by atoms with Crippen molar-refractivity contribution in [3.8, 4) is 0 Å². The van der Waals surface area contributed by atoms with Gasteiger partial charge in [-0.1, -0.05) is 37.1 Å². The zero-order chi connectivity index (χ0) is 13.9. The van der Waals surface area contributed by atoms with Gasteiger partial charge in [-0.2, -0.15) is 0 Å². The molecule has 1 aromatic rings. The molecule has 1 fully saturated rings. The third-order valence-corrected chi connectivity index (χ3v) is 5.06. The Morgan fingerprint density at radius 1 is 1.20 bits per heavy atom. The molecule has 0 aromatic heterocycles. The van der Waals surface area contributed by atoms with Crippen LogP contribution in [-0.2, 0) is 0 Å². The number of hydrogen-bond donors (Lipinski definition) is 2. The Kier molecular flexibility index (Phi) is 4.39. The molecule has 0 bridgehead atoms. The van der Waals surface area contributed by atoms with Gasteiger partial charge in [-0.25, -0.2) is 0 Å². The highest BCUT2D eigenvalue weighted by molar-refractivity contribution is 5.37. The lowest BCUT2D eigenvalue weighted by atomic mass is 10.1. The van der Waals surface area contributed by atoms with Gasteiger partial charge in [0.15, 0.2) is 0 Å². The van der Waals surface area contributed by atoms with Gasteiger partial charge in [0, 0.05) is 31.2 Å². The van der Waals surface area contributed by atoms with Gasteiger partial charge in [0.25, 0.3) is 0 Å². The van der Waals surface area contributed by atoms with Gasteiger partial charge in [0.05, 0.1) is 0 Å². The first-order valence-corrected chi connectivity index (χ1v) is 8.03. The Morgan fingerprint density at radius 3 is 2.65 bits per heavy atom. The first kappa shape index (κ1) is 14.1.